The van der Waals surface area contributed by atoms with E-state index in [0.29, 0.717) is 5.56 Å². The Morgan fingerprint density at radius 2 is 1.72 bits per heavy atom. The van der Waals surface area contributed by atoms with Crippen LogP contribution in [0.25, 0.3) is 0 Å². The van der Waals surface area contributed by atoms with Gasteiger partial charge in [-0.05, 0) is 36.3 Å². The molecular formula is C15H20F2O. The molecule has 1 atom stereocenters. The monoisotopic (exact) mass is 254 g/mol. The molecule has 2 rings (SSSR count). The molecule has 1 aliphatic rings. The number of aliphatic hydroxyl groups is 1. The first-order chi connectivity index (χ1) is 8.58. The van der Waals surface area contributed by atoms with E-state index in [1.165, 1.54) is 12.1 Å². The van der Waals surface area contributed by atoms with Gasteiger partial charge >= 0.3 is 0 Å². The zero-order valence-electron chi connectivity index (χ0n) is 10.7. The molecule has 1 saturated carbocycles. The summed E-state index contributed by atoms with van der Waals surface area (Å²) in [4.78, 5) is 0. The lowest BCUT2D eigenvalue weighted by molar-refractivity contribution is 0.0751. The van der Waals surface area contributed by atoms with Crippen LogP contribution in [0.1, 0.15) is 56.3 Å². The lowest BCUT2D eigenvalue weighted by Gasteiger charge is -2.30. The molecule has 0 bridgehead atoms. The molecule has 1 nitrogen and oxygen atoms in total. The highest BCUT2D eigenvalue weighted by Gasteiger charge is 2.26. The summed E-state index contributed by atoms with van der Waals surface area (Å²) in [6, 6.07) is 6.19. The number of rotatable bonds is 3. The van der Waals surface area contributed by atoms with E-state index in [0.717, 1.165) is 31.6 Å². The third kappa shape index (κ3) is 3.08. The van der Waals surface area contributed by atoms with Crippen LogP contribution in [0, 0.1) is 11.8 Å². The summed E-state index contributed by atoms with van der Waals surface area (Å²) in [5.41, 5.74) is 0.628. The molecule has 0 radical (unpaired) electrons. The largest absolute Gasteiger partial charge is 0.388 e. The van der Waals surface area contributed by atoms with Gasteiger partial charge in [-0.3, -0.25) is 0 Å². The van der Waals surface area contributed by atoms with Crippen molar-refractivity contribution < 1.29 is 13.9 Å². The van der Waals surface area contributed by atoms with Gasteiger partial charge in [-0.1, -0.05) is 38.0 Å². The number of benzene rings is 1. The molecule has 0 aromatic heterocycles. The first-order valence-electron chi connectivity index (χ1n) is 6.64. The molecule has 1 aromatic carbocycles. The van der Waals surface area contributed by atoms with Crippen LogP contribution < -0.4 is 0 Å². The minimum Gasteiger partial charge on any atom is -0.388 e. The van der Waals surface area contributed by atoms with Crippen molar-refractivity contribution in [2.24, 2.45) is 11.8 Å². The maximum atomic E-state index is 12.6. The maximum Gasteiger partial charge on any atom is 0.263 e. The van der Waals surface area contributed by atoms with Gasteiger partial charge in [0.2, 0.25) is 0 Å². The maximum absolute atomic E-state index is 12.6. The van der Waals surface area contributed by atoms with Gasteiger partial charge in [0, 0.05) is 5.56 Å². The molecule has 0 spiro atoms. The fourth-order valence-corrected chi connectivity index (χ4v) is 2.75. The Hall–Kier alpha value is -0.960. The highest BCUT2D eigenvalue weighted by molar-refractivity contribution is 5.26. The van der Waals surface area contributed by atoms with Crippen LogP contribution in [0.5, 0.6) is 0 Å². The Morgan fingerprint density at radius 3 is 2.33 bits per heavy atom. The summed E-state index contributed by atoms with van der Waals surface area (Å²) in [5.74, 6) is 0.940. The van der Waals surface area contributed by atoms with Crippen molar-refractivity contribution in [2.45, 2.75) is 45.1 Å². The van der Waals surface area contributed by atoms with Crippen LogP contribution in [0.4, 0.5) is 8.78 Å². The van der Waals surface area contributed by atoms with Gasteiger partial charge in [0.05, 0.1) is 6.10 Å². The van der Waals surface area contributed by atoms with Crippen molar-refractivity contribution in [1.29, 1.82) is 0 Å². The Labute approximate surface area is 107 Å². The third-order valence-corrected chi connectivity index (χ3v) is 4.01. The fraction of sp³-hybridized carbons (Fsp3) is 0.600. The topological polar surface area (TPSA) is 20.2 Å². The van der Waals surface area contributed by atoms with Crippen LogP contribution in [0.2, 0.25) is 0 Å². The lowest BCUT2D eigenvalue weighted by Crippen LogP contribution is -2.19. The SMILES string of the molecule is CC1CCC(C(O)c2cccc(C(F)F)c2)CC1. The summed E-state index contributed by atoms with van der Waals surface area (Å²) in [5, 5.41) is 10.3. The van der Waals surface area contributed by atoms with E-state index >= 15 is 0 Å². The Morgan fingerprint density at radius 1 is 1.11 bits per heavy atom. The van der Waals surface area contributed by atoms with Crippen LogP contribution in [0.3, 0.4) is 0 Å². The van der Waals surface area contributed by atoms with E-state index in [1.807, 2.05) is 0 Å². The van der Waals surface area contributed by atoms with Gasteiger partial charge in [0.15, 0.2) is 0 Å². The Kier molecular flexibility index (Phi) is 4.33. The average Bonchev–Trinajstić information content (AvgIpc) is 2.39. The quantitative estimate of drug-likeness (QED) is 0.843. The minimum atomic E-state index is -2.47. The highest BCUT2D eigenvalue weighted by Crippen LogP contribution is 2.37. The molecule has 0 aliphatic heterocycles. The first-order valence-corrected chi connectivity index (χ1v) is 6.64. The normalized spacial score (nSPS) is 26.3. The second kappa shape index (κ2) is 5.79. The number of aliphatic hydroxyl groups excluding tert-OH is 1. The van der Waals surface area contributed by atoms with Crippen LogP contribution >= 0.6 is 0 Å². The van der Waals surface area contributed by atoms with Gasteiger partial charge < -0.3 is 5.11 Å². The molecular weight excluding hydrogens is 234 g/mol. The van der Waals surface area contributed by atoms with Crippen LogP contribution in [-0.4, -0.2) is 5.11 Å². The third-order valence-electron chi connectivity index (χ3n) is 4.01. The van der Waals surface area contributed by atoms with Crippen LogP contribution in [-0.2, 0) is 0 Å². The molecule has 3 heteroatoms. The van der Waals surface area contributed by atoms with Gasteiger partial charge in [-0.25, -0.2) is 8.78 Å². The van der Waals surface area contributed by atoms with E-state index in [-0.39, 0.29) is 11.5 Å². The molecule has 1 fully saturated rings. The number of hydrogen-bond acceptors (Lipinski definition) is 1. The van der Waals surface area contributed by atoms with E-state index in [2.05, 4.69) is 6.92 Å². The number of hydrogen-bond donors (Lipinski definition) is 1. The molecule has 1 aliphatic carbocycles. The summed E-state index contributed by atoms with van der Waals surface area (Å²) in [6.45, 7) is 2.22. The lowest BCUT2D eigenvalue weighted by atomic mass is 9.78. The van der Waals surface area contributed by atoms with Crippen molar-refractivity contribution in [1.82, 2.24) is 0 Å². The van der Waals surface area contributed by atoms with Gasteiger partial charge in [0.25, 0.3) is 6.43 Å². The van der Waals surface area contributed by atoms with Crippen molar-refractivity contribution in [3.05, 3.63) is 35.4 Å². The van der Waals surface area contributed by atoms with Crippen molar-refractivity contribution >= 4 is 0 Å². The Bertz CT molecular complexity index is 384. The Balaban J connectivity index is 2.08. The molecule has 1 aromatic rings. The molecule has 1 N–H and O–H groups in total. The van der Waals surface area contributed by atoms with E-state index in [9.17, 15) is 13.9 Å². The van der Waals surface area contributed by atoms with Crippen molar-refractivity contribution in [3.8, 4) is 0 Å². The van der Waals surface area contributed by atoms with Crippen LogP contribution in [0.15, 0.2) is 24.3 Å². The predicted molar refractivity (Wildman–Crippen MR) is 67.5 cm³/mol. The molecule has 0 saturated heterocycles. The second-order valence-corrected chi connectivity index (χ2v) is 5.44. The summed E-state index contributed by atoms with van der Waals surface area (Å²) in [6.07, 6.45) is 1.15. The highest BCUT2D eigenvalue weighted by atomic mass is 19.3. The molecule has 1 unspecified atom stereocenters. The second-order valence-electron chi connectivity index (χ2n) is 5.44. The zero-order valence-corrected chi connectivity index (χ0v) is 10.7. The summed E-state index contributed by atoms with van der Waals surface area (Å²) in [7, 11) is 0. The van der Waals surface area contributed by atoms with E-state index < -0.39 is 12.5 Å². The standard InChI is InChI=1S/C15H20F2O/c1-10-5-7-11(8-6-10)14(18)12-3-2-4-13(9-12)15(16)17/h2-4,9-11,14-15,18H,5-8H2,1H3. The van der Waals surface area contributed by atoms with Gasteiger partial charge in [-0.15, -0.1) is 0 Å². The minimum absolute atomic E-state index is 0.00396. The smallest absolute Gasteiger partial charge is 0.263 e. The molecule has 0 heterocycles. The zero-order chi connectivity index (χ0) is 13.1. The number of alkyl halides is 2. The summed E-state index contributed by atoms with van der Waals surface area (Å²) >= 11 is 0. The van der Waals surface area contributed by atoms with E-state index in [4.69, 9.17) is 0 Å². The first kappa shape index (κ1) is 13.5. The fourth-order valence-electron chi connectivity index (χ4n) is 2.75. The van der Waals surface area contributed by atoms with Gasteiger partial charge in [-0.2, -0.15) is 0 Å². The summed E-state index contributed by atoms with van der Waals surface area (Å²) < 4.78 is 25.2. The van der Waals surface area contributed by atoms with Crippen molar-refractivity contribution in [3.63, 3.8) is 0 Å². The predicted octanol–water partition coefficient (Wildman–Crippen LogP) is 4.48. The van der Waals surface area contributed by atoms with Crippen molar-refractivity contribution in [2.75, 3.05) is 0 Å². The molecule has 18 heavy (non-hydrogen) atoms. The van der Waals surface area contributed by atoms with E-state index in [1.54, 1.807) is 12.1 Å². The molecule has 100 valence electrons. The van der Waals surface area contributed by atoms with Gasteiger partial charge in [0.1, 0.15) is 0 Å². The average molecular weight is 254 g/mol. The number of halogens is 2. The molecule has 0 amide bonds.